The number of carboxylic acid groups (broad SMARTS) is 4. The number of rotatable bonds is 11. The molecule has 0 aliphatic heterocycles. The standard InChI is InChI=1S/C31H24O10.4Na/c1-17(19-4-8-21(9-5-19)41-23-11-13-25(29(34)35)27(16-23)31(38)39)14-18-2-6-20(7-3-18)40-22-10-12-24(28(32)33)26(15-22)30(36)37;;;;/h2-13,15-17H,14H2,1H3,(H,32,33)(H,34,35)(H,36,37)(H,38,39);;;;/q;4*+1/p-4. The summed E-state index contributed by atoms with van der Waals surface area (Å²) in [6.07, 6.45) is 0.676. The van der Waals surface area contributed by atoms with Gasteiger partial charge in [-0.25, -0.2) is 0 Å². The molecule has 0 amide bonds. The Bertz CT molecular complexity index is 1640. The average Bonchev–Trinajstić information content (AvgIpc) is 2.94. The fraction of sp³-hybridized carbons (Fsp3) is 0.0968. The number of ether oxygens (including phenoxy) is 2. The van der Waals surface area contributed by atoms with E-state index in [1.165, 1.54) is 12.1 Å². The van der Waals surface area contributed by atoms with Crippen LogP contribution in [0.25, 0.3) is 0 Å². The molecule has 0 saturated heterocycles. The Morgan fingerprint density at radius 2 is 0.844 bits per heavy atom. The fourth-order valence-electron chi connectivity index (χ4n) is 4.17. The van der Waals surface area contributed by atoms with Gasteiger partial charge in [-0.2, -0.15) is 0 Å². The summed E-state index contributed by atoms with van der Waals surface area (Å²) in [5.41, 5.74) is -0.0872. The van der Waals surface area contributed by atoms with E-state index in [0.717, 1.165) is 35.4 Å². The minimum absolute atomic E-state index is 0. The summed E-state index contributed by atoms with van der Waals surface area (Å²) in [5.74, 6) is -5.38. The van der Waals surface area contributed by atoms with Gasteiger partial charge < -0.3 is 49.1 Å². The predicted octanol–water partition coefficient (Wildman–Crippen LogP) is -10.9. The number of carbonyl (C=O) groups excluding carboxylic acids is 4. The average molecular weight is 644 g/mol. The number of benzene rings is 4. The van der Waals surface area contributed by atoms with Crippen molar-refractivity contribution >= 4 is 23.9 Å². The van der Waals surface area contributed by atoms with Crippen molar-refractivity contribution in [2.45, 2.75) is 19.3 Å². The van der Waals surface area contributed by atoms with Gasteiger partial charge in [0.1, 0.15) is 23.0 Å². The van der Waals surface area contributed by atoms with E-state index in [-0.39, 0.29) is 136 Å². The Hall–Kier alpha value is -1.64. The summed E-state index contributed by atoms with van der Waals surface area (Å²) in [4.78, 5) is 44.7. The van der Waals surface area contributed by atoms with Crippen LogP contribution in [0.3, 0.4) is 0 Å². The van der Waals surface area contributed by atoms with Crippen LogP contribution in [0.2, 0.25) is 0 Å². The van der Waals surface area contributed by atoms with Gasteiger partial charge in [0.2, 0.25) is 0 Å². The van der Waals surface area contributed by atoms with Crippen LogP contribution in [0.1, 0.15) is 65.4 Å². The quantitative estimate of drug-likeness (QED) is 0.142. The molecule has 208 valence electrons. The molecule has 4 rings (SSSR count). The molecule has 14 heteroatoms. The normalized spacial score (nSPS) is 10.3. The zero-order chi connectivity index (χ0) is 29.7. The molecule has 4 aromatic rings. The maximum atomic E-state index is 11.3. The molecule has 0 aromatic heterocycles. The molecule has 0 N–H and O–H groups in total. The Labute approximate surface area is 347 Å². The second-order valence-corrected chi connectivity index (χ2v) is 9.09. The zero-order valence-corrected chi connectivity index (χ0v) is 33.4. The summed E-state index contributed by atoms with van der Waals surface area (Å²) in [6, 6.07) is 21.2. The second-order valence-electron chi connectivity index (χ2n) is 9.09. The molecule has 0 bridgehead atoms. The Morgan fingerprint density at radius 1 is 0.511 bits per heavy atom. The first-order valence-corrected chi connectivity index (χ1v) is 12.2. The van der Waals surface area contributed by atoms with E-state index in [4.69, 9.17) is 9.47 Å². The van der Waals surface area contributed by atoms with Crippen LogP contribution in [-0.2, 0) is 6.42 Å². The third kappa shape index (κ3) is 11.8. The first-order chi connectivity index (χ1) is 19.5. The molecule has 1 atom stereocenters. The summed E-state index contributed by atoms with van der Waals surface area (Å²) < 4.78 is 11.3. The van der Waals surface area contributed by atoms with E-state index in [1.807, 2.05) is 31.2 Å². The molecule has 4 aromatic carbocycles. The molecular weight excluding hydrogens is 624 g/mol. The molecule has 0 saturated carbocycles. The van der Waals surface area contributed by atoms with E-state index in [2.05, 4.69) is 0 Å². The first-order valence-electron chi connectivity index (χ1n) is 12.2. The van der Waals surface area contributed by atoms with Crippen molar-refractivity contribution in [3.8, 4) is 23.0 Å². The van der Waals surface area contributed by atoms with Gasteiger partial charge in [-0.05, 0) is 84.1 Å². The maximum absolute atomic E-state index is 11.3. The van der Waals surface area contributed by atoms with Gasteiger partial charge >= 0.3 is 118 Å². The molecule has 45 heavy (non-hydrogen) atoms. The SMILES string of the molecule is CC(Cc1ccc(Oc2ccc(C(=O)[O-])c(C(=O)[O-])c2)cc1)c1ccc(Oc2ccc(C(=O)[O-])c(C(=O)[O-])c2)cc1.[Na+].[Na+].[Na+].[Na+]. The molecule has 0 fully saturated rings. The topological polar surface area (TPSA) is 179 Å². The number of aromatic carboxylic acids is 4. The van der Waals surface area contributed by atoms with Crippen LogP contribution in [0.15, 0.2) is 84.9 Å². The number of carboxylic acids is 4. The second kappa shape index (κ2) is 19.9. The largest absolute Gasteiger partial charge is 1.00 e. The Balaban J connectivity index is 0.00000484. The minimum atomic E-state index is -1.66. The van der Waals surface area contributed by atoms with Crippen molar-refractivity contribution in [3.63, 3.8) is 0 Å². The van der Waals surface area contributed by atoms with Gasteiger partial charge in [0.05, 0.1) is 23.9 Å². The van der Waals surface area contributed by atoms with E-state index in [1.54, 1.807) is 24.3 Å². The van der Waals surface area contributed by atoms with Gasteiger partial charge in [0.15, 0.2) is 0 Å². The number of hydrogen-bond acceptors (Lipinski definition) is 10. The van der Waals surface area contributed by atoms with E-state index in [0.29, 0.717) is 17.9 Å². The minimum Gasteiger partial charge on any atom is -0.545 e. The third-order valence-corrected chi connectivity index (χ3v) is 6.25. The van der Waals surface area contributed by atoms with Crippen molar-refractivity contribution in [2.24, 2.45) is 0 Å². The zero-order valence-electron chi connectivity index (χ0n) is 25.4. The van der Waals surface area contributed by atoms with Crippen LogP contribution in [0.5, 0.6) is 23.0 Å². The third-order valence-electron chi connectivity index (χ3n) is 6.25. The summed E-state index contributed by atoms with van der Waals surface area (Å²) in [5, 5.41) is 44.7. The van der Waals surface area contributed by atoms with Crippen molar-refractivity contribution < 1.29 is 167 Å². The number of hydrogen-bond donors (Lipinski definition) is 0. The van der Waals surface area contributed by atoms with Gasteiger partial charge in [-0.3, -0.25) is 0 Å². The molecule has 0 spiro atoms. The van der Waals surface area contributed by atoms with Gasteiger partial charge in [0, 0.05) is 22.3 Å². The molecule has 0 heterocycles. The predicted molar refractivity (Wildman–Crippen MR) is 135 cm³/mol. The molecule has 0 radical (unpaired) electrons. The summed E-state index contributed by atoms with van der Waals surface area (Å²) >= 11 is 0. The first kappa shape index (κ1) is 43.4. The van der Waals surface area contributed by atoms with Crippen LogP contribution in [0.4, 0.5) is 0 Å². The maximum Gasteiger partial charge on any atom is 1.00 e. The molecule has 0 aliphatic rings. The van der Waals surface area contributed by atoms with E-state index >= 15 is 0 Å². The molecular formula is C31H20Na4O10. The van der Waals surface area contributed by atoms with Crippen LogP contribution >= 0.6 is 0 Å². The monoisotopic (exact) mass is 644 g/mol. The summed E-state index contributed by atoms with van der Waals surface area (Å²) in [7, 11) is 0. The van der Waals surface area contributed by atoms with Gasteiger partial charge in [0.25, 0.3) is 0 Å². The fourth-order valence-corrected chi connectivity index (χ4v) is 4.17. The van der Waals surface area contributed by atoms with Crippen molar-refractivity contribution in [1.82, 2.24) is 0 Å². The summed E-state index contributed by atoms with van der Waals surface area (Å²) in [6.45, 7) is 2.03. The molecule has 1 unspecified atom stereocenters. The van der Waals surface area contributed by atoms with Crippen LogP contribution in [-0.4, -0.2) is 23.9 Å². The van der Waals surface area contributed by atoms with Gasteiger partial charge in [-0.1, -0.05) is 31.2 Å². The van der Waals surface area contributed by atoms with Crippen molar-refractivity contribution in [2.75, 3.05) is 0 Å². The number of carbonyl (C=O) groups is 4. The Kier molecular flexibility index (Phi) is 19.2. The Morgan fingerprint density at radius 3 is 1.20 bits per heavy atom. The molecule has 10 nitrogen and oxygen atoms in total. The van der Waals surface area contributed by atoms with E-state index < -0.39 is 46.1 Å². The van der Waals surface area contributed by atoms with Gasteiger partial charge in [-0.15, -0.1) is 0 Å². The van der Waals surface area contributed by atoms with E-state index in [9.17, 15) is 39.6 Å². The van der Waals surface area contributed by atoms with Crippen molar-refractivity contribution in [3.05, 3.63) is 118 Å². The van der Waals surface area contributed by atoms with Crippen molar-refractivity contribution in [1.29, 1.82) is 0 Å². The smallest absolute Gasteiger partial charge is 0.545 e. The molecule has 0 aliphatic carbocycles. The van der Waals surface area contributed by atoms with Crippen LogP contribution in [0, 0.1) is 0 Å². The van der Waals surface area contributed by atoms with Crippen LogP contribution < -0.4 is 148 Å².